The maximum atomic E-state index is 5.31. The van der Waals surface area contributed by atoms with Gasteiger partial charge in [0, 0.05) is 29.7 Å². The van der Waals surface area contributed by atoms with Gasteiger partial charge < -0.3 is 4.74 Å². The number of aromatic nitrogens is 2. The Kier molecular flexibility index (Phi) is 3.92. The van der Waals surface area contributed by atoms with E-state index in [1.807, 2.05) is 18.3 Å². The molecule has 0 aromatic carbocycles. The van der Waals surface area contributed by atoms with Crippen LogP contribution in [0, 0.1) is 5.92 Å². The van der Waals surface area contributed by atoms with Crippen LogP contribution in [-0.4, -0.2) is 17.1 Å². The van der Waals surface area contributed by atoms with Gasteiger partial charge in [0.2, 0.25) is 5.88 Å². The fraction of sp³-hybridized carbons (Fsp3) is 0.333. The van der Waals surface area contributed by atoms with E-state index in [9.17, 15) is 0 Å². The molecule has 0 saturated heterocycles. The fourth-order valence-corrected chi connectivity index (χ4v) is 1.97. The summed E-state index contributed by atoms with van der Waals surface area (Å²) in [6.45, 7) is 4.39. The first-order valence-electron chi connectivity index (χ1n) is 6.14. The summed E-state index contributed by atoms with van der Waals surface area (Å²) in [5.74, 6) is 1.30. The van der Waals surface area contributed by atoms with Crippen LogP contribution in [0.2, 0.25) is 0 Å². The zero-order valence-electron chi connectivity index (χ0n) is 11.1. The largest absolute Gasteiger partial charge is 0.481 e. The minimum Gasteiger partial charge on any atom is -0.481 e. The summed E-state index contributed by atoms with van der Waals surface area (Å²) < 4.78 is 5.31. The number of nitrogens with zero attached hydrogens (tertiary/aromatic N) is 2. The summed E-state index contributed by atoms with van der Waals surface area (Å²) in [6, 6.07) is 6.13. The molecular weight excluding hydrogens is 224 g/mol. The average Bonchev–Trinajstić information content (AvgIpc) is 2.39. The molecule has 2 heterocycles. The summed E-state index contributed by atoms with van der Waals surface area (Å²) in [5, 5.41) is 0. The van der Waals surface area contributed by atoms with Crippen LogP contribution < -0.4 is 4.74 Å². The lowest BCUT2D eigenvalue weighted by Crippen LogP contribution is -2.00. The molecular formula is C15H18N2O. The minimum atomic E-state index is 0.577. The monoisotopic (exact) mass is 242 g/mol. The Morgan fingerprint density at radius 3 is 2.50 bits per heavy atom. The lowest BCUT2D eigenvalue weighted by atomic mass is 10.0. The zero-order valence-corrected chi connectivity index (χ0v) is 11.1. The van der Waals surface area contributed by atoms with Gasteiger partial charge in [-0.15, -0.1) is 0 Å². The molecule has 0 aliphatic carbocycles. The van der Waals surface area contributed by atoms with Gasteiger partial charge in [0.25, 0.3) is 0 Å². The van der Waals surface area contributed by atoms with Gasteiger partial charge in [0.15, 0.2) is 0 Å². The highest BCUT2D eigenvalue weighted by molar-refractivity contribution is 5.63. The van der Waals surface area contributed by atoms with Crippen molar-refractivity contribution in [2.45, 2.75) is 20.3 Å². The maximum Gasteiger partial charge on any atom is 0.216 e. The highest BCUT2D eigenvalue weighted by atomic mass is 16.5. The molecule has 0 unspecified atom stereocenters. The van der Waals surface area contributed by atoms with Gasteiger partial charge in [-0.2, -0.15) is 0 Å². The molecule has 0 fully saturated rings. The van der Waals surface area contributed by atoms with E-state index < -0.39 is 0 Å². The smallest absolute Gasteiger partial charge is 0.216 e. The van der Waals surface area contributed by atoms with Crippen molar-refractivity contribution < 1.29 is 4.74 Å². The summed E-state index contributed by atoms with van der Waals surface area (Å²) in [6.07, 6.45) is 6.40. The number of hydrogen-bond donors (Lipinski definition) is 0. The predicted molar refractivity (Wildman–Crippen MR) is 72.6 cm³/mol. The highest BCUT2D eigenvalue weighted by Crippen LogP contribution is 2.25. The van der Waals surface area contributed by atoms with E-state index in [2.05, 4.69) is 29.9 Å². The molecule has 0 aliphatic rings. The molecule has 2 aromatic rings. The van der Waals surface area contributed by atoms with E-state index in [0.717, 1.165) is 29.0 Å². The third-order valence-electron chi connectivity index (χ3n) is 2.76. The molecule has 94 valence electrons. The molecule has 0 amide bonds. The Bertz CT molecular complexity index is 509. The molecule has 0 radical (unpaired) electrons. The van der Waals surface area contributed by atoms with Crippen LogP contribution in [0.1, 0.15) is 19.4 Å². The minimum absolute atomic E-state index is 0.577. The molecule has 0 aliphatic heterocycles. The van der Waals surface area contributed by atoms with Crippen molar-refractivity contribution in [1.29, 1.82) is 0 Å². The number of rotatable bonds is 4. The zero-order chi connectivity index (χ0) is 13.0. The number of pyridine rings is 2. The molecule has 0 saturated carbocycles. The number of ether oxygens (including phenoxy) is 1. The van der Waals surface area contributed by atoms with Crippen molar-refractivity contribution in [2.75, 3.05) is 7.11 Å². The number of hydrogen-bond acceptors (Lipinski definition) is 3. The van der Waals surface area contributed by atoms with Crippen molar-refractivity contribution in [1.82, 2.24) is 9.97 Å². The number of methoxy groups -OCH3 is 1. The molecule has 0 N–H and O–H groups in total. The summed E-state index contributed by atoms with van der Waals surface area (Å²) in [5.41, 5.74) is 3.39. The molecule has 2 aromatic heterocycles. The first-order chi connectivity index (χ1) is 8.70. The topological polar surface area (TPSA) is 35.0 Å². The Labute approximate surface area is 108 Å². The van der Waals surface area contributed by atoms with Crippen LogP contribution in [0.3, 0.4) is 0 Å². The van der Waals surface area contributed by atoms with Crippen molar-refractivity contribution in [3.05, 3.63) is 42.4 Å². The summed E-state index contributed by atoms with van der Waals surface area (Å²) in [4.78, 5) is 8.41. The Balaban J connectivity index is 2.39. The van der Waals surface area contributed by atoms with E-state index in [0.29, 0.717) is 5.92 Å². The molecule has 0 atom stereocenters. The van der Waals surface area contributed by atoms with Crippen LogP contribution in [0.25, 0.3) is 11.1 Å². The third-order valence-corrected chi connectivity index (χ3v) is 2.76. The van der Waals surface area contributed by atoms with Gasteiger partial charge in [0.1, 0.15) is 0 Å². The molecule has 2 rings (SSSR count). The van der Waals surface area contributed by atoms with Gasteiger partial charge in [-0.1, -0.05) is 13.8 Å². The third kappa shape index (κ3) is 2.86. The fourth-order valence-electron chi connectivity index (χ4n) is 1.97. The predicted octanol–water partition coefficient (Wildman–Crippen LogP) is 3.35. The molecule has 3 heteroatoms. The Hall–Kier alpha value is -1.90. The van der Waals surface area contributed by atoms with E-state index in [1.54, 1.807) is 19.5 Å². The van der Waals surface area contributed by atoms with Crippen LogP contribution >= 0.6 is 0 Å². The first kappa shape index (κ1) is 12.6. The second kappa shape index (κ2) is 5.63. The van der Waals surface area contributed by atoms with E-state index >= 15 is 0 Å². The van der Waals surface area contributed by atoms with Crippen LogP contribution in [0.4, 0.5) is 0 Å². The molecule has 0 bridgehead atoms. The molecule has 18 heavy (non-hydrogen) atoms. The van der Waals surface area contributed by atoms with E-state index in [1.165, 1.54) is 0 Å². The van der Waals surface area contributed by atoms with Gasteiger partial charge in [-0.3, -0.25) is 4.98 Å². The van der Waals surface area contributed by atoms with Gasteiger partial charge in [-0.05, 0) is 36.1 Å². The van der Waals surface area contributed by atoms with Crippen LogP contribution in [-0.2, 0) is 6.42 Å². The van der Waals surface area contributed by atoms with E-state index in [-0.39, 0.29) is 0 Å². The van der Waals surface area contributed by atoms with Gasteiger partial charge in [0.05, 0.1) is 7.11 Å². The average molecular weight is 242 g/mol. The summed E-state index contributed by atoms with van der Waals surface area (Å²) in [7, 11) is 1.66. The SMILES string of the molecule is COc1ncc(-c2ccncc2)cc1CC(C)C. The van der Waals surface area contributed by atoms with Crippen molar-refractivity contribution in [3.8, 4) is 17.0 Å². The second-order valence-corrected chi connectivity index (χ2v) is 4.73. The van der Waals surface area contributed by atoms with Gasteiger partial charge in [-0.25, -0.2) is 4.98 Å². The quantitative estimate of drug-likeness (QED) is 0.824. The highest BCUT2D eigenvalue weighted by Gasteiger charge is 2.09. The van der Waals surface area contributed by atoms with Crippen molar-refractivity contribution in [2.24, 2.45) is 5.92 Å². The summed E-state index contributed by atoms with van der Waals surface area (Å²) >= 11 is 0. The second-order valence-electron chi connectivity index (χ2n) is 4.73. The lowest BCUT2D eigenvalue weighted by Gasteiger charge is -2.11. The van der Waals surface area contributed by atoms with Crippen LogP contribution in [0.5, 0.6) is 5.88 Å². The first-order valence-corrected chi connectivity index (χ1v) is 6.14. The van der Waals surface area contributed by atoms with Crippen molar-refractivity contribution in [3.63, 3.8) is 0 Å². The molecule has 0 spiro atoms. The van der Waals surface area contributed by atoms with Crippen LogP contribution in [0.15, 0.2) is 36.8 Å². The van der Waals surface area contributed by atoms with E-state index in [4.69, 9.17) is 4.74 Å². The van der Waals surface area contributed by atoms with Crippen molar-refractivity contribution >= 4 is 0 Å². The standard InChI is InChI=1S/C15H18N2O/c1-11(2)8-13-9-14(10-17-15(13)18-3)12-4-6-16-7-5-12/h4-7,9-11H,8H2,1-3H3. The Morgan fingerprint density at radius 1 is 1.17 bits per heavy atom. The molecule has 3 nitrogen and oxygen atoms in total. The normalized spacial score (nSPS) is 10.7. The van der Waals surface area contributed by atoms with Gasteiger partial charge >= 0.3 is 0 Å². The maximum absolute atomic E-state index is 5.31. The Morgan fingerprint density at radius 2 is 1.89 bits per heavy atom. The lowest BCUT2D eigenvalue weighted by molar-refractivity contribution is 0.390.